The van der Waals surface area contributed by atoms with Gasteiger partial charge in [0.05, 0.1) is 34.6 Å². The van der Waals surface area contributed by atoms with Crippen molar-refractivity contribution in [2.24, 2.45) is 0 Å². The van der Waals surface area contributed by atoms with Crippen molar-refractivity contribution in [3.63, 3.8) is 0 Å². The van der Waals surface area contributed by atoms with Crippen molar-refractivity contribution in [3.8, 4) is 11.1 Å². The van der Waals surface area contributed by atoms with Crippen molar-refractivity contribution in [2.45, 2.75) is 6.54 Å². The van der Waals surface area contributed by atoms with Gasteiger partial charge in [-0.15, -0.1) is 0 Å². The number of hydrogen-bond donors (Lipinski definition) is 3. The molecule has 38 heavy (non-hydrogen) atoms. The molecule has 2 heterocycles. The highest BCUT2D eigenvalue weighted by molar-refractivity contribution is 7.92. The number of sulfonamides is 1. The summed E-state index contributed by atoms with van der Waals surface area (Å²) in [5.74, 6) is -0.561. The molecule has 3 N–H and O–H groups in total. The van der Waals surface area contributed by atoms with Gasteiger partial charge in [-0.25, -0.2) is 8.42 Å². The third kappa shape index (κ3) is 5.07. The van der Waals surface area contributed by atoms with Gasteiger partial charge in [0.25, 0.3) is 11.8 Å². The lowest BCUT2D eigenvalue weighted by Gasteiger charge is -2.21. The van der Waals surface area contributed by atoms with Gasteiger partial charge >= 0.3 is 0 Å². The van der Waals surface area contributed by atoms with Crippen LogP contribution in [0.25, 0.3) is 11.1 Å². The molecule has 192 valence electrons. The zero-order valence-electron chi connectivity index (χ0n) is 20.7. The summed E-state index contributed by atoms with van der Waals surface area (Å²) in [6.07, 6.45) is 4.51. The molecule has 10 heteroatoms. The summed E-state index contributed by atoms with van der Waals surface area (Å²) in [6.45, 7) is 0.335. The van der Waals surface area contributed by atoms with Gasteiger partial charge in [0.1, 0.15) is 0 Å². The molecule has 0 radical (unpaired) electrons. The van der Waals surface area contributed by atoms with Gasteiger partial charge in [0.15, 0.2) is 0 Å². The summed E-state index contributed by atoms with van der Waals surface area (Å²) in [6, 6.07) is 21.1. The molecular formula is C28H25N5O4S. The average molecular weight is 528 g/mol. The SMILES string of the molecule is CN(c1ccccc1-c1ccc2c(c1)Nc1cc(C(=O)NCc3cccnc3)ccc1NC2=O)S(C)(=O)=O. The smallest absolute Gasteiger partial charge is 0.257 e. The molecule has 0 saturated carbocycles. The van der Waals surface area contributed by atoms with Crippen LogP contribution < -0.4 is 20.3 Å². The highest BCUT2D eigenvalue weighted by atomic mass is 32.2. The third-order valence-corrected chi connectivity index (χ3v) is 7.48. The van der Waals surface area contributed by atoms with E-state index in [0.29, 0.717) is 46.0 Å². The Bertz CT molecular complexity index is 1660. The van der Waals surface area contributed by atoms with Crippen LogP contribution in [0.5, 0.6) is 0 Å². The second-order valence-corrected chi connectivity index (χ2v) is 10.9. The number of hydrogen-bond acceptors (Lipinski definition) is 6. The highest BCUT2D eigenvalue weighted by Crippen LogP contribution is 2.37. The molecule has 0 spiro atoms. The largest absolute Gasteiger partial charge is 0.353 e. The summed E-state index contributed by atoms with van der Waals surface area (Å²) in [7, 11) is -1.98. The van der Waals surface area contributed by atoms with Gasteiger partial charge in [-0.05, 0) is 53.6 Å². The normalized spacial score (nSPS) is 12.3. The first-order valence-electron chi connectivity index (χ1n) is 11.8. The van der Waals surface area contributed by atoms with E-state index in [4.69, 9.17) is 0 Å². The van der Waals surface area contributed by atoms with Gasteiger partial charge in [0, 0.05) is 37.1 Å². The molecule has 0 bridgehead atoms. The van der Waals surface area contributed by atoms with Crippen LogP contribution in [0.3, 0.4) is 0 Å². The number of amides is 2. The highest BCUT2D eigenvalue weighted by Gasteiger charge is 2.22. The molecule has 1 aliphatic rings. The number of rotatable bonds is 6. The number of para-hydroxylation sites is 1. The van der Waals surface area contributed by atoms with Gasteiger partial charge in [-0.2, -0.15) is 0 Å². The van der Waals surface area contributed by atoms with Crippen LogP contribution in [0.15, 0.2) is 85.2 Å². The van der Waals surface area contributed by atoms with Crippen molar-refractivity contribution in [1.82, 2.24) is 10.3 Å². The topological polar surface area (TPSA) is 120 Å². The van der Waals surface area contributed by atoms with E-state index in [1.807, 2.05) is 18.2 Å². The summed E-state index contributed by atoms with van der Waals surface area (Å²) in [5.41, 5.74) is 5.28. The van der Waals surface area contributed by atoms with Crippen LogP contribution in [0, 0.1) is 0 Å². The lowest BCUT2D eigenvalue weighted by Crippen LogP contribution is -2.25. The van der Waals surface area contributed by atoms with Crippen LogP contribution >= 0.6 is 0 Å². The molecule has 0 aliphatic carbocycles. The number of anilines is 4. The molecule has 1 aliphatic heterocycles. The maximum atomic E-state index is 13.0. The number of carbonyl (C=O) groups is 2. The first-order chi connectivity index (χ1) is 18.2. The molecule has 9 nitrogen and oxygen atoms in total. The van der Waals surface area contributed by atoms with E-state index in [2.05, 4.69) is 20.9 Å². The third-order valence-electron chi connectivity index (χ3n) is 6.29. The Hall–Kier alpha value is -4.70. The lowest BCUT2D eigenvalue weighted by molar-refractivity contribution is 0.0950. The number of nitrogens with one attached hydrogen (secondary N) is 3. The number of fused-ring (bicyclic) bond motifs is 2. The van der Waals surface area contributed by atoms with Gasteiger partial charge < -0.3 is 16.0 Å². The van der Waals surface area contributed by atoms with Crippen LogP contribution in [0.1, 0.15) is 26.3 Å². The first-order valence-corrected chi connectivity index (χ1v) is 13.6. The average Bonchev–Trinajstić information content (AvgIpc) is 3.06. The van der Waals surface area contributed by atoms with Crippen molar-refractivity contribution in [2.75, 3.05) is 28.2 Å². The van der Waals surface area contributed by atoms with E-state index >= 15 is 0 Å². The molecule has 5 rings (SSSR count). The van der Waals surface area contributed by atoms with Crippen LogP contribution in [0.4, 0.5) is 22.7 Å². The number of aromatic nitrogens is 1. The zero-order valence-corrected chi connectivity index (χ0v) is 21.5. The minimum atomic E-state index is -3.48. The van der Waals surface area contributed by atoms with E-state index in [1.54, 1.807) is 67.0 Å². The summed E-state index contributed by atoms with van der Waals surface area (Å²) in [5, 5.41) is 9.05. The Balaban J connectivity index is 1.47. The van der Waals surface area contributed by atoms with E-state index < -0.39 is 10.0 Å². The molecule has 0 fully saturated rings. The number of benzene rings is 3. The number of nitrogens with zero attached hydrogens (tertiary/aromatic N) is 2. The second-order valence-electron chi connectivity index (χ2n) is 8.89. The predicted octanol–water partition coefficient (Wildman–Crippen LogP) is 4.38. The van der Waals surface area contributed by atoms with Crippen molar-refractivity contribution in [1.29, 1.82) is 0 Å². The quantitative estimate of drug-likeness (QED) is 0.342. The predicted molar refractivity (Wildman–Crippen MR) is 148 cm³/mol. The zero-order chi connectivity index (χ0) is 26.9. The Morgan fingerprint density at radius 3 is 2.50 bits per heavy atom. The van der Waals surface area contributed by atoms with Crippen LogP contribution in [-0.4, -0.2) is 38.5 Å². The Labute approximate surface area is 220 Å². The molecule has 3 aromatic carbocycles. The number of carbonyl (C=O) groups excluding carboxylic acids is 2. The van der Waals surface area contributed by atoms with Crippen molar-refractivity contribution in [3.05, 3.63) is 102 Å². The van der Waals surface area contributed by atoms with Crippen LogP contribution in [-0.2, 0) is 16.6 Å². The minimum absolute atomic E-state index is 0.263. The first kappa shape index (κ1) is 25.0. The second kappa shape index (κ2) is 9.98. The molecule has 1 aromatic heterocycles. The van der Waals surface area contributed by atoms with E-state index in [0.717, 1.165) is 17.4 Å². The maximum absolute atomic E-state index is 13.0. The standard InChI is InChI=1S/C28H25N5O4S/c1-33(38(2,36)37)26-8-4-3-7-21(26)19-9-11-22-24(14-19)31-25-15-20(10-12-23(25)32-28(22)35)27(34)30-17-18-6-5-13-29-16-18/h3-16,31H,17H2,1-2H3,(H,30,34)(H,32,35). The Kier molecular flexibility index (Phi) is 6.56. The maximum Gasteiger partial charge on any atom is 0.257 e. The number of pyridine rings is 1. The Morgan fingerprint density at radius 2 is 1.74 bits per heavy atom. The molecule has 2 amide bonds. The van der Waals surface area contributed by atoms with E-state index in [1.165, 1.54) is 11.4 Å². The van der Waals surface area contributed by atoms with Gasteiger partial charge in [-0.1, -0.05) is 30.3 Å². The Morgan fingerprint density at radius 1 is 0.921 bits per heavy atom. The van der Waals surface area contributed by atoms with Crippen molar-refractivity contribution >= 4 is 44.6 Å². The molecule has 0 saturated heterocycles. The van der Waals surface area contributed by atoms with Gasteiger partial charge in [0.2, 0.25) is 10.0 Å². The molecule has 4 aromatic rings. The summed E-state index contributed by atoms with van der Waals surface area (Å²) < 4.78 is 25.6. The summed E-state index contributed by atoms with van der Waals surface area (Å²) in [4.78, 5) is 29.9. The van der Waals surface area contributed by atoms with E-state index in [9.17, 15) is 18.0 Å². The van der Waals surface area contributed by atoms with Crippen molar-refractivity contribution < 1.29 is 18.0 Å². The molecule has 0 unspecified atom stereocenters. The minimum Gasteiger partial charge on any atom is -0.353 e. The monoisotopic (exact) mass is 527 g/mol. The fourth-order valence-corrected chi connectivity index (χ4v) is 4.72. The van der Waals surface area contributed by atoms with Crippen LogP contribution in [0.2, 0.25) is 0 Å². The van der Waals surface area contributed by atoms with E-state index in [-0.39, 0.29) is 11.8 Å². The fourth-order valence-electron chi connectivity index (χ4n) is 4.20. The summed E-state index contributed by atoms with van der Waals surface area (Å²) >= 11 is 0. The molecular weight excluding hydrogens is 502 g/mol. The van der Waals surface area contributed by atoms with Gasteiger partial charge in [-0.3, -0.25) is 18.9 Å². The molecule has 0 atom stereocenters. The fraction of sp³-hybridized carbons (Fsp3) is 0.107. The lowest BCUT2D eigenvalue weighted by atomic mass is 10.0.